The number of aromatic nitrogens is 2. The van der Waals surface area contributed by atoms with Crippen molar-refractivity contribution < 1.29 is 13.2 Å². The van der Waals surface area contributed by atoms with Gasteiger partial charge in [0.15, 0.2) is 0 Å². The lowest BCUT2D eigenvalue weighted by atomic mass is 10.1. The van der Waals surface area contributed by atoms with E-state index in [0.29, 0.717) is 19.6 Å². The molecule has 0 atom stereocenters. The van der Waals surface area contributed by atoms with E-state index in [-0.39, 0.29) is 16.8 Å². The smallest absolute Gasteiger partial charge is 0.240 e. The number of rotatable bonds is 4. The Bertz CT molecular complexity index is 931. The first-order chi connectivity index (χ1) is 11.9. The zero-order chi connectivity index (χ0) is 17.6. The van der Waals surface area contributed by atoms with Gasteiger partial charge >= 0.3 is 0 Å². The summed E-state index contributed by atoms with van der Waals surface area (Å²) in [6.07, 6.45) is 3.55. The Morgan fingerprint density at radius 1 is 1.28 bits per heavy atom. The first-order valence-electron chi connectivity index (χ1n) is 8.37. The number of carbonyl (C=O) groups is 1. The minimum Gasteiger partial charge on any atom is -0.335 e. The van der Waals surface area contributed by atoms with E-state index in [4.69, 9.17) is 0 Å². The molecule has 4 rings (SSSR count). The van der Waals surface area contributed by atoms with Gasteiger partial charge in [-0.15, -0.1) is 0 Å². The number of fused-ring (bicyclic) bond motifs is 1. The molecule has 0 unspecified atom stereocenters. The van der Waals surface area contributed by atoms with Gasteiger partial charge in [-0.1, -0.05) is 12.1 Å². The summed E-state index contributed by atoms with van der Waals surface area (Å²) < 4.78 is 29.5. The molecule has 2 aromatic rings. The second kappa shape index (κ2) is 5.96. The van der Waals surface area contributed by atoms with Crippen LogP contribution in [0.3, 0.4) is 0 Å². The molecule has 8 heteroatoms. The van der Waals surface area contributed by atoms with E-state index < -0.39 is 10.0 Å². The van der Waals surface area contributed by atoms with Crippen molar-refractivity contribution in [3.8, 4) is 11.1 Å². The average molecular weight is 360 g/mol. The number of sulfonamides is 1. The van der Waals surface area contributed by atoms with E-state index in [1.54, 1.807) is 36.2 Å². The molecule has 1 N–H and O–H groups in total. The highest BCUT2D eigenvalue weighted by Gasteiger charge is 2.28. The topological polar surface area (TPSA) is 84.3 Å². The number of amides is 1. The van der Waals surface area contributed by atoms with Gasteiger partial charge in [0.2, 0.25) is 15.9 Å². The lowest BCUT2D eigenvalue weighted by Crippen LogP contribution is -2.37. The molecule has 132 valence electrons. The van der Waals surface area contributed by atoms with Crippen LogP contribution in [-0.2, 0) is 27.9 Å². The summed E-state index contributed by atoms with van der Waals surface area (Å²) in [5.74, 6) is 0.0309. The molecule has 1 saturated carbocycles. The molecule has 0 spiro atoms. The molecule has 1 fully saturated rings. The van der Waals surface area contributed by atoms with Crippen molar-refractivity contribution >= 4 is 15.9 Å². The summed E-state index contributed by atoms with van der Waals surface area (Å²) in [6.45, 7) is 3.34. The number of benzene rings is 1. The summed E-state index contributed by atoms with van der Waals surface area (Å²) in [7, 11) is -3.50. The van der Waals surface area contributed by atoms with Crippen molar-refractivity contribution in [2.24, 2.45) is 0 Å². The summed E-state index contributed by atoms with van der Waals surface area (Å²) in [4.78, 5) is 13.7. The monoisotopic (exact) mass is 360 g/mol. The summed E-state index contributed by atoms with van der Waals surface area (Å²) >= 11 is 0. The summed E-state index contributed by atoms with van der Waals surface area (Å²) in [6, 6.07) is 6.97. The Morgan fingerprint density at radius 2 is 2.08 bits per heavy atom. The fourth-order valence-electron chi connectivity index (χ4n) is 3.07. The molecule has 2 heterocycles. The number of hydrogen-bond acceptors (Lipinski definition) is 4. The van der Waals surface area contributed by atoms with E-state index in [1.807, 2.05) is 10.7 Å². The highest BCUT2D eigenvalue weighted by atomic mass is 32.2. The van der Waals surface area contributed by atoms with E-state index in [0.717, 1.165) is 29.7 Å². The van der Waals surface area contributed by atoms with Crippen LogP contribution in [0, 0.1) is 0 Å². The molecule has 0 bridgehead atoms. The van der Waals surface area contributed by atoms with E-state index >= 15 is 0 Å². The number of nitrogens with zero attached hydrogens (tertiary/aromatic N) is 3. The third-order valence-corrected chi connectivity index (χ3v) is 6.19. The number of carbonyl (C=O) groups excluding carboxylic acids is 1. The predicted octanol–water partition coefficient (Wildman–Crippen LogP) is 1.35. The van der Waals surface area contributed by atoms with Crippen LogP contribution in [0.25, 0.3) is 11.1 Å². The lowest BCUT2D eigenvalue weighted by molar-refractivity contribution is -0.130. The van der Waals surface area contributed by atoms with E-state index in [2.05, 4.69) is 9.82 Å². The third-order valence-electron chi connectivity index (χ3n) is 4.67. The summed E-state index contributed by atoms with van der Waals surface area (Å²) in [5.41, 5.74) is 2.60. The SMILES string of the molecule is CC(=O)N1CCn2ncc(-c3cccc(S(=O)(=O)NC4CC4)c3)c2C1. The standard InChI is InChI=1S/C17H20N4O3S/c1-12(22)20-7-8-21-17(11-20)16(10-18-21)13-3-2-4-15(9-13)25(23,24)19-14-5-6-14/h2-4,9-10,14,19H,5-8,11H2,1H3. The van der Waals surface area contributed by atoms with Crippen LogP contribution in [0.2, 0.25) is 0 Å². The van der Waals surface area contributed by atoms with Gasteiger partial charge in [-0.2, -0.15) is 5.10 Å². The highest BCUT2D eigenvalue weighted by molar-refractivity contribution is 7.89. The third kappa shape index (κ3) is 3.19. The molecular formula is C17H20N4O3S. The first-order valence-corrected chi connectivity index (χ1v) is 9.85. The van der Waals surface area contributed by atoms with E-state index in [1.165, 1.54) is 0 Å². The maximum absolute atomic E-state index is 12.4. The second-order valence-corrected chi connectivity index (χ2v) is 8.31. The number of hydrogen-bond donors (Lipinski definition) is 1. The van der Waals surface area contributed by atoms with Gasteiger partial charge in [-0.3, -0.25) is 9.48 Å². The Morgan fingerprint density at radius 3 is 2.80 bits per heavy atom. The van der Waals surface area contributed by atoms with Crippen molar-refractivity contribution in [1.29, 1.82) is 0 Å². The van der Waals surface area contributed by atoms with E-state index in [9.17, 15) is 13.2 Å². The predicted molar refractivity (Wildman–Crippen MR) is 92.1 cm³/mol. The quantitative estimate of drug-likeness (QED) is 0.892. The first kappa shape index (κ1) is 16.3. The average Bonchev–Trinajstić information content (AvgIpc) is 3.29. The van der Waals surface area contributed by atoms with Crippen molar-refractivity contribution in [3.05, 3.63) is 36.2 Å². The molecule has 25 heavy (non-hydrogen) atoms. The zero-order valence-corrected chi connectivity index (χ0v) is 14.8. The molecule has 1 aliphatic heterocycles. The van der Waals surface area contributed by atoms with Gasteiger partial charge < -0.3 is 4.90 Å². The molecule has 1 aliphatic carbocycles. The van der Waals surface area contributed by atoms with Gasteiger partial charge in [0.25, 0.3) is 0 Å². The Kier molecular flexibility index (Phi) is 3.88. The Balaban J connectivity index is 1.68. The van der Waals surface area contributed by atoms with Gasteiger partial charge in [-0.25, -0.2) is 13.1 Å². The molecule has 0 saturated heterocycles. The fourth-order valence-corrected chi connectivity index (χ4v) is 4.43. The molecular weight excluding hydrogens is 340 g/mol. The van der Waals surface area contributed by atoms with Crippen LogP contribution in [0.5, 0.6) is 0 Å². The molecule has 7 nitrogen and oxygen atoms in total. The maximum Gasteiger partial charge on any atom is 0.240 e. The largest absolute Gasteiger partial charge is 0.335 e. The van der Waals surface area contributed by atoms with Crippen molar-refractivity contribution in [2.45, 2.75) is 43.8 Å². The van der Waals surface area contributed by atoms with Gasteiger partial charge in [0, 0.05) is 25.1 Å². The minimum atomic E-state index is -3.50. The van der Waals surface area contributed by atoms with Crippen LogP contribution in [0.4, 0.5) is 0 Å². The second-order valence-electron chi connectivity index (χ2n) is 6.59. The minimum absolute atomic E-state index is 0.0309. The van der Waals surface area contributed by atoms with Crippen LogP contribution in [-0.4, -0.2) is 41.6 Å². The van der Waals surface area contributed by atoms with Crippen LogP contribution in [0.15, 0.2) is 35.4 Å². The van der Waals surface area contributed by atoms with Gasteiger partial charge in [0.05, 0.1) is 29.9 Å². The van der Waals surface area contributed by atoms with Crippen LogP contribution < -0.4 is 4.72 Å². The molecule has 0 radical (unpaired) electrons. The lowest BCUT2D eigenvalue weighted by Gasteiger charge is -2.27. The number of nitrogens with one attached hydrogen (secondary N) is 1. The zero-order valence-electron chi connectivity index (χ0n) is 14.0. The van der Waals surface area contributed by atoms with Crippen LogP contribution >= 0.6 is 0 Å². The maximum atomic E-state index is 12.4. The van der Waals surface area contributed by atoms with Gasteiger partial charge in [0.1, 0.15) is 0 Å². The van der Waals surface area contributed by atoms with Crippen molar-refractivity contribution in [2.75, 3.05) is 6.54 Å². The molecule has 1 aromatic heterocycles. The normalized spacial score (nSPS) is 17.4. The molecule has 1 aromatic carbocycles. The fraction of sp³-hybridized carbons (Fsp3) is 0.412. The van der Waals surface area contributed by atoms with Crippen molar-refractivity contribution in [1.82, 2.24) is 19.4 Å². The highest BCUT2D eigenvalue weighted by Crippen LogP contribution is 2.29. The molecule has 1 amide bonds. The molecule has 2 aliphatic rings. The van der Waals surface area contributed by atoms with Gasteiger partial charge in [-0.05, 0) is 30.5 Å². The summed E-state index contributed by atoms with van der Waals surface area (Å²) in [5, 5.41) is 4.39. The van der Waals surface area contributed by atoms with Crippen LogP contribution in [0.1, 0.15) is 25.5 Å². The van der Waals surface area contributed by atoms with Crippen molar-refractivity contribution in [3.63, 3.8) is 0 Å². The Labute approximate surface area is 146 Å². The Hall–Kier alpha value is -2.19.